The van der Waals surface area contributed by atoms with Crippen molar-refractivity contribution in [3.63, 3.8) is 0 Å². The molecule has 8 nitrogen and oxygen atoms in total. The van der Waals surface area contributed by atoms with Gasteiger partial charge in [-0.1, -0.05) is 29.8 Å². The number of methoxy groups -OCH3 is 3. The highest BCUT2D eigenvalue weighted by Gasteiger charge is 2.35. The van der Waals surface area contributed by atoms with Crippen LogP contribution in [0.25, 0.3) is 10.6 Å². The molecule has 35 heavy (non-hydrogen) atoms. The number of carbonyl (C=O) groups is 2. The van der Waals surface area contributed by atoms with Gasteiger partial charge in [0, 0.05) is 49.0 Å². The number of hydrogen-bond acceptors (Lipinski definition) is 7. The van der Waals surface area contributed by atoms with Gasteiger partial charge >= 0.3 is 0 Å². The standard InChI is InChI=1S/C26H29N3O5S/c1-16-5-7-17(8-6-16)26-28-19(15-35-26)9-10-27-25(31)18-11-23(30)29(14-18)20-12-21(32-2)24(34-4)22(13-20)33-3/h5-8,12-13,15,18H,9-11,14H2,1-4H3,(H,27,31). The molecule has 1 aromatic heterocycles. The van der Waals surface area contributed by atoms with Gasteiger partial charge in [-0.15, -0.1) is 11.3 Å². The summed E-state index contributed by atoms with van der Waals surface area (Å²) in [5, 5.41) is 5.95. The van der Waals surface area contributed by atoms with Gasteiger partial charge in [-0.3, -0.25) is 9.59 Å². The van der Waals surface area contributed by atoms with Crippen molar-refractivity contribution in [2.45, 2.75) is 19.8 Å². The van der Waals surface area contributed by atoms with Gasteiger partial charge in [-0.2, -0.15) is 0 Å². The maximum absolute atomic E-state index is 12.8. The summed E-state index contributed by atoms with van der Waals surface area (Å²) in [6.07, 6.45) is 0.780. The maximum atomic E-state index is 12.8. The fourth-order valence-electron chi connectivity index (χ4n) is 4.06. The first kappa shape index (κ1) is 24.5. The zero-order valence-electron chi connectivity index (χ0n) is 20.3. The lowest BCUT2D eigenvalue weighted by atomic mass is 10.1. The van der Waals surface area contributed by atoms with Crippen molar-refractivity contribution in [3.05, 3.63) is 53.0 Å². The Bertz CT molecular complexity index is 1180. The molecule has 1 aliphatic rings. The molecule has 3 aromatic rings. The number of nitrogens with one attached hydrogen (secondary N) is 1. The summed E-state index contributed by atoms with van der Waals surface area (Å²) in [6.45, 7) is 2.81. The fourth-order valence-corrected chi connectivity index (χ4v) is 4.92. The second kappa shape index (κ2) is 10.8. The second-order valence-corrected chi connectivity index (χ2v) is 9.20. The molecule has 1 unspecified atom stereocenters. The summed E-state index contributed by atoms with van der Waals surface area (Å²) in [4.78, 5) is 31.8. The third-order valence-corrected chi connectivity index (χ3v) is 6.93. The van der Waals surface area contributed by atoms with Crippen LogP contribution >= 0.6 is 11.3 Å². The van der Waals surface area contributed by atoms with Crippen LogP contribution < -0.4 is 24.4 Å². The van der Waals surface area contributed by atoms with Crippen LogP contribution in [-0.2, 0) is 16.0 Å². The van der Waals surface area contributed by atoms with Crippen LogP contribution in [0.3, 0.4) is 0 Å². The summed E-state index contributed by atoms with van der Waals surface area (Å²) in [5.74, 6) is 0.669. The lowest BCUT2D eigenvalue weighted by molar-refractivity contribution is -0.126. The number of aromatic nitrogens is 1. The molecule has 0 spiro atoms. The minimum absolute atomic E-state index is 0.123. The molecule has 1 atom stereocenters. The van der Waals surface area contributed by atoms with Crippen molar-refractivity contribution in [2.75, 3.05) is 39.3 Å². The lowest BCUT2D eigenvalue weighted by Crippen LogP contribution is -2.34. The van der Waals surface area contributed by atoms with E-state index in [-0.39, 0.29) is 24.8 Å². The van der Waals surface area contributed by atoms with Gasteiger partial charge < -0.3 is 24.4 Å². The number of aryl methyl sites for hydroxylation is 1. The largest absolute Gasteiger partial charge is 0.493 e. The van der Waals surface area contributed by atoms with Crippen molar-refractivity contribution in [2.24, 2.45) is 5.92 Å². The number of anilines is 1. The Kier molecular flexibility index (Phi) is 7.55. The summed E-state index contributed by atoms with van der Waals surface area (Å²) in [5.41, 5.74) is 3.84. The molecule has 1 N–H and O–H groups in total. The Morgan fingerprint density at radius 3 is 2.43 bits per heavy atom. The number of benzene rings is 2. The van der Waals surface area contributed by atoms with E-state index in [0.717, 1.165) is 16.3 Å². The number of ether oxygens (including phenoxy) is 3. The first-order valence-electron chi connectivity index (χ1n) is 11.3. The van der Waals surface area contributed by atoms with Gasteiger partial charge in [0.15, 0.2) is 11.5 Å². The molecule has 9 heteroatoms. The van der Waals surface area contributed by atoms with Crippen molar-refractivity contribution < 1.29 is 23.8 Å². The smallest absolute Gasteiger partial charge is 0.227 e. The lowest BCUT2D eigenvalue weighted by Gasteiger charge is -2.20. The molecule has 2 amide bonds. The van der Waals surface area contributed by atoms with E-state index in [2.05, 4.69) is 41.5 Å². The maximum Gasteiger partial charge on any atom is 0.227 e. The van der Waals surface area contributed by atoms with Crippen LogP contribution in [0.15, 0.2) is 41.8 Å². The molecule has 1 saturated heterocycles. The molecule has 2 aromatic carbocycles. The highest BCUT2D eigenvalue weighted by Crippen LogP contribution is 2.42. The number of hydrogen-bond donors (Lipinski definition) is 1. The van der Waals surface area contributed by atoms with Gasteiger partial charge in [-0.25, -0.2) is 4.98 Å². The van der Waals surface area contributed by atoms with Gasteiger partial charge in [-0.05, 0) is 6.92 Å². The molecule has 0 saturated carbocycles. The van der Waals surface area contributed by atoms with Crippen molar-refractivity contribution >= 4 is 28.8 Å². The summed E-state index contributed by atoms with van der Waals surface area (Å²) in [6, 6.07) is 11.7. The Balaban J connectivity index is 1.35. The molecule has 0 bridgehead atoms. The summed E-state index contributed by atoms with van der Waals surface area (Å²) < 4.78 is 16.1. The second-order valence-electron chi connectivity index (χ2n) is 8.34. The van der Waals surface area contributed by atoms with E-state index < -0.39 is 5.92 Å². The molecule has 1 aliphatic heterocycles. The van der Waals surface area contributed by atoms with E-state index in [0.29, 0.717) is 35.9 Å². The van der Waals surface area contributed by atoms with Crippen molar-refractivity contribution in [1.82, 2.24) is 10.3 Å². The first-order chi connectivity index (χ1) is 16.9. The van der Waals surface area contributed by atoms with E-state index in [4.69, 9.17) is 14.2 Å². The number of amides is 2. The predicted octanol–water partition coefficient (Wildman–Crippen LogP) is 3.86. The van der Waals surface area contributed by atoms with E-state index in [1.807, 2.05) is 5.38 Å². The van der Waals surface area contributed by atoms with Crippen LogP contribution in [0, 0.1) is 12.8 Å². The minimum Gasteiger partial charge on any atom is -0.493 e. The van der Waals surface area contributed by atoms with E-state index in [1.165, 1.54) is 26.9 Å². The van der Waals surface area contributed by atoms with E-state index in [9.17, 15) is 9.59 Å². The predicted molar refractivity (Wildman–Crippen MR) is 136 cm³/mol. The Morgan fingerprint density at radius 2 is 1.80 bits per heavy atom. The van der Waals surface area contributed by atoms with Gasteiger partial charge in [0.2, 0.25) is 17.6 Å². The van der Waals surface area contributed by atoms with E-state index in [1.54, 1.807) is 28.4 Å². The molecule has 2 heterocycles. The SMILES string of the molecule is COc1cc(N2CC(C(=O)NCCc3csc(-c4ccc(C)cc4)n3)CC2=O)cc(OC)c1OC. The average Bonchev–Trinajstić information content (AvgIpc) is 3.50. The highest BCUT2D eigenvalue weighted by atomic mass is 32.1. The zero-order valence-corrected chi connectivity index (χ0v) is 21.1. The van der Waals surface area contributed by atoms with Gasteiger partial charge in [0.05, 0.1) is 38.6 Å². The Labute approximate surface area is 208 Å². The van der Waals surface area contributed by atoms with Crippen LogP contribution in [0.5, 0.6) is 17.2 Å². The number of rotatable bonds is 9. The number of carbonyl (C=O) groups excluding carboxylic acids is 2. The number of nitrogens with zero attached hydrogens (tertiary/aromatic N) is 2. The number of thiazole rings is 1. The van der Waals surface area contributed by atoms with Crippen molar-refractivity contribution in [1.29, 1.82) is 0 Å². The zero-order chi connectivity index (χ0) is 24.9. The molecular weight excluding hydrogens is 466 g/mol. The fraction of sp³-hybridized carbons (Fsp3) is 0.346. The molecule has 0 aliphatic carbocycles. The monoisotopic (exact) mass is 495 g/mol. The topological polar surface area (TPSA) is 90.0 Å². The Hall–Kier alpha value is -3.59. The third-order valence-electron chi connectivity index (χ3n) is 5.99. The molecule has 0 radical (unpaired) electrons. The van der Waals surface area contributed by atoms with Crippen molar-refractivity contribution in [3.8, 4) is 27.8 Å². The quantitative estimate of drug-likeness (QED) is 0.485. The van der Waals surface area contributed by atoms with E-state index >= 15 is 0 Å². The van der Waals surface area contributed by atoms with Crippen LogP contribution in [-0.4, -0.2) is 51.2 Å². The minimum atomic E-state index is -0.430. The third kappa shape index (κ3) is 5.40. The van der Waals surface area contributed by atoms with Gasteiger partial charge in [0.1, 0.15) is 5.01 Å². The summed E-state index contributed by atoms with van der Waals surface area (Å²) >= 11 is 1.59. The molecule has 4 rings (SSSR count). The highest BCUT2D eigenvalue weighted by molar-refractivity contribution is 7.13. The summed E-state index contributed by atoms with van der Waals surface area (Å²) in [7, 11) is 4.57. The average molecular weight is 496 g/mol. The van der Waals surface area contributed by atoms with Crippen LogP contribution in [0.4, 0.5) is 5.69 Å². The molecule has 1 fully saturated rings. The molecular formula is C26H29N3O5S. The van der Waals surface area contributed by atoms with Crippen LogP contribution in [0.2, 0.25) is 0 Å². The van der Waals surface area contributed by atoms with Crippen LogP contribution in [0.1, 0.15) is 17.7 Å². The van der Waals surface area contributed by atoms with Gasteiger partial charge in [0.25, 0.3) is 0 Å². The first-order valence-corrected chi connectivity index (χ1v) is 12.2. The Morgan fingerprint density at radius 1 is 1.11 bits per heavy atom. The molecule has 184 valence electrons. The normalized spacial score (nSPS) is 15.3.